The topological polar surface area (TPSA) is 59.0 Å². The van der Waals surface area contributed by atoms with E-state index in [4.69, 9.17) is 9.47 Å². The smallest absolute Gasteiger partial charge is 0.313 e. The second-order valence-electron chi connectivity index (χ2n) is 7.84. The molecular formula is C20H27NO4. The van der Waals surface area contributed by atoms with E-state index < -0.39 is 11.4 Å². The van der Waals surface area contributed by atoms with Crippen LogP contribution in [0.2, 0.25) is 0 Å². The lowest BCUT2D eigenvalue weighted by molar-refractivity contribution is -0.159. The molecule has 1 aliphatic carbocycles. The summed E-state index contributed by atoms with van der Waals surface area (Å²) in [6, 6.07) is 8.31. The van der Waals surface area contributed by atoms with Crippen LogP contribution in [0.3, 0.4) is 0 Å². The van der Waals surface area contributed by atoms with Crippen molar-refractivity contribution in [1.82, 2.24) is 4.90 Å². The number of nitrogens with zero attached hydrogens (tertiary/aromatic N) is 1. The number of benzene rings is 1. The normalized spacial score (nSPS) is 30.3. The fourth-order valence-electron chi connectivity index (χ4n) is 4.64. The predicted octanol–water partition coefficient (Wildman–Crippen LogP) is 2.93. The third-order valence-corrected chi connectivity index (χ3v) is 6.10. The van der Waals surface area contributed by atoms with Crippen molar-refractivity contribution >= 4 is 5.97 Å². The Kier molecular flexibility index (Phi) is 4.69. The van der Waals surface area contributed by atoms with Crippen molar-refractivity contribution in [2.45, 2.75) is 44.8 Å². The number of carboxylic acids is 1. The molecule has 25 heavy (non-hydrogen) atoms. The second kappa shape index (κ2) is 6.96. The van der Waals surface area contributed by atoms with Gasteiger partial charge in [0.2, 0.25) is 0 Å². The van der Waals surface area contributed by atoms with E-state index in [9.17, 15) is 9.90 Å². The van der Waals surface area contributed by atoms with Crippen LogP contribution in [0.25, 0.3) is 0 Å². The summed E-state index contributed by atoms with van der Waals surface area (Å²) >= 11 is 0. The molecule has 1 N–H and O–H groups in total. The number of carbonyl (C=O) groups is 1. The largest absolute Gasteiger partial charge is 0.490 e. The van der Waals surface area contributed by atoms with Crippen LogP contribution >= 0.6 is 0 Å². The highest BCUT2D eigenvalue weighted by molar-refractivity contribution is 5.76. The SMILES string of the molecule is O=C(O)[C@]12COCC[C@H]1CN(Cc1ccc(OC3CCCC3)cc1)C2. The maximum atomic E-state index is 11.8. The summed E-state index contributed by atoms with van der Waals surface area (Å²) in [5.41, 5.74) is 0.489. The average Bonchev–Trinajstić information content (AvgIpc) is 3.24. The van der Waals surface area contributed by atoms with Gasteiger partial charge in [-0.25, -0.2) is 0 Å². The van der Waals surface area contributed by atoms with E-state index in [1.165, 1.54) is 18.4 Å². The molecule has 2 saturated heterocycles. The molecule has 136 valence electrons. The lowest BCUT2D eigenvalue weighted by Gasteiger charge is -2.34. The molecule has 0 radical (unpaired) electrons. The number of aliphatic carboxylic acids is 1. The average molecular weight is 345 g/mol. The second-order valence-corrected chi connectivity index (χ2v) is 7.84. The van der Waals surface area contributed by atoms with Gasteiger partial charge in [0.25, 0.3) is 0 Å². The Morgan fingerprint density at radius 1 is 1.24 bits per heavy atom. The van der Waals surface area contributed by atoms with E-state index in [1.54, 1.807) is 0 Å². The Morgan fingerprint density at radius 3 is 2.68 bits per heavy atom. The number of rotatable bonds is 5. The highest BCUT2D eigenvalue weighted by atomic mass is 16.5. The third kappa shape index (κ3) is 3.40. The van der Waals surface area contributed by atoms with Crippen LogP contribution in [0.1, 0.15) is 37.7 Å². The molecule has 1 aromatic rings. The van der Waals surface area contributed by atoms with Crippen molar-refractivity contribution in [2.24, 2.45) is 11.3 Å². The van der Waals surface area contributed by atoms with Gasteiger partial charge in [0, 0.05) is 26.2 Å². The Morgan fingerprint density at radius 2 is 2.00 bits per heavy atom. The van der Waals surface area contributed by atoms with Gasteiger partial charge in [0.1, 0.15) is 11.2 Å². The zero-order valence-electron chi connectivity index (χ0n) is 14.7. The maximum Gasteiger partial charge on any atom is 0.313 e. The molecule has 0 amide bonds. The first-order chi connectivity index (χ1) is 12.2. The molecule has 3 fully saturated rings. The van der Waals surface area contributed by atoms with E-state index in [-0.39, 0.29) is 5.92 Å². The number of likely N-dealkylation sites (tertiary alicyclic amines) is 1. The first-order valence-electron chi connectivity index (χ1n) is 9.45. The number of carboxylic acid groups (broad SMARTS) is 1. The zero-order valence-corrected chi connectivity index (χ0v) is 14.7. The van der Waals surface area contributed by atoms with Gasteiger partial charge in [-0.1, -0.05) is 12.1 Å². The molecule has 0 spiro atoms. The van der Waals surface area contributed by atoms with Gasteiger partial charge in [-0.05, 0) is 55.7 Å². The van der Waals surface area contributed by atoms with E-state index in [0.717, 1.165) is 38.1 Å². The van der Waals surface area contributed by atoms with Crippen LogP contribution in [-0.4, -0.2) is 48.4 Å². The first-order valence-corrected chi connectivity index (χ1v) is 9.45. The van der Waals surface area contributed by atoms with E-state index in [1.807, 2.05) is 12.1 Å². The number of ether oxygens (including phenoxy) is 2. The van der Waals surface area contributed by atoms with Crippen molar-refractivity contribution in [2.75, 3.05) is 26.3 Å². The molecule has 4 rings (SSSR count). The summed E-state index contributed by atoms with van der Waals surface area (Å²) < 4.78 is 11.5. The minimum absolute atomic E-state index is 0.198. The molecule has 0 aromatic heterocycles. The predicted molar refractivity (Wildman–Crippen MR) is 93.6 cm³/mol. The first kappa shape index (κ1) is 16.9. The van der Waals surface area contributed by atoms with Crippen molar-refractivity contribution in [3.63, 3.8) is 0 Å². The maximum absolute atomic E-state index is 11.8. The van der Waals surface area contributed by atoms with Crippen LogP contribution in [0.4, 0.5) is 0 Å². The van der Waals surface area contributed by atoms with E-state index >= 15 is 0 Å². The van der Waals surface area contributed by atoms with Crippen molar-refractivity contribution in [1.29, 1.82) is 0 Å². The lowest BCUT2D eigenvalue weighted by Crippen LogP contribution is -2.46. The van der Waals surface area contributed by atoms with Gasteiger partial charge in [0.15, 0.2) is 0 Å². The summed E-state index contributed by atoms with van der Waals surface area (Å²) in [6.45, 7) is 3.23. The Balaban J connectivity index is 1.38. The van der Waals surface area contributed by atoms with E-state index in [2.05, 4.69) is 17.0 Å². The van der Waals surface area contributed by atoms with Gasteiger partial charge in [-0.3, -0.25) is 9.69 Å². The van der Waals surface area contributed by atoms with Crippen LogP contribution in [-0.2, 0) is 16.1 Å². The van der Waals surface area contributed by atoms with Gasteiger partial charge >= 0.3 is 5.97 Å². The molecule has 2 heterocycles. The standard InChI is InChI=1S/C20H27NO4/c22-19(23)20-13-21(12-16(20)9-10-24-14-20)11-15-5-7-18(8-6-15)25-17-3-1-2-4-17/h5-8,16-17H,1-4,9-14H2,(H,22,23)/t16-,20+/m0/s1. The van der Waals surface area contributed by atoms with Crippen LogP contribution < -0.4 is 4.74 Å². The van der Waals surface area contributed by atoms with Gasteiger partial charge in [-0.2, -0.15) is 0 Å². The quantitative estimate of drug-likeness (QED) is 0.889. The van der Waals surface area contributed by atoms with Crippen molar-refractivity contribution in [3.05, 3.63) is 29.8 Å². The molecule has 3 aliphatic rings. The molecule has 2 atom stereocenters. The summed E-state index contributed by atoms with van der Waals surface area (Å²) in [5.74, 6) is 0.435. The molecule has 5 heteroatoms. The van der Waals surface area contributed by atoms with Gasteiger partial charge < -0.3 is 14.6 Å². The van der Waals surface area contributed by atoms with Crippen molar-refractivity contribution < 1.29 is 19.4 Å². The molecule has 1 saturated carbocycles. The third-order valence-electron chi connectivity index (χ3n) is 6.10. The summed E-state index contributed by atoms with van der Waals surface area (Å²) in [7, 11) is 0. The fourth-order valence-corrected chi connectivity index (χ4v) is 4.64. The van der Waals surface area contributed by atoms with Crippen molar-refractivity contribution in [3.8, 4) is 5.75 Å². The molecule has 5 nitrogen and oxygen atoms in total. The van der Waals surface area contributed by atoms with E-state index in [0.29, 0.717) is 25.9 Å². The minimum Gasteiger partial charge on any atom is -0.490 e. The van der Waals surface area contributed by atoms with Crippen LogP contribution in [0.15, 0.2) is 24.3 Å². The number of hydrogen-bond acceptors (Lipinski definition) is 4. The monoisotopic (exact) mass is 345 g/mol. The minimum atomic E-state index is -0.718. The zero-order chi connectivity index (χ0) is 17.3. The summed E-state index contributed by atoms with van der Waals surface area (Å²) in [6.07, 6.45) is 6.09. The molecular weight excluding hydrogens is 318 g/mol. The van der Waals surface area contributed by atoms with Gasteiger partial charge in [-0.15, -0.1) is 0 Å². The van der Waals surface area contributed by atoms with Crippen LogP contribution in [0.5, 0.6) is 5.75 Å². The highest BCUT2D eigenvalue weighted by Gasteiger charge is 2.53. The number of hydrogen-bond donors (Lipinski definition) is 1. The fraction of sp³-hybridized carbons (Fsp3) is 0.650. The van der Waals surface area contributed by atoms with Crippen LogP contribution in [0, 0.1) is 11.3 Å². The van der Waals surface area contributed by atoms with Gasteiger partial charge in [0.05, 0.1) is 12.7 Å². The molecule has 0 unspecified atom stereocenters. The molecule has 2 aliphatic heterocycles. The Bertz CT molecular complexity index is 611. The molecule has 1 aromatic carbocycles. The molecule has 0 bridgehead atoms. The Hall–Kier alpha value is -1.59. The summed E-state index contributed by atoms with van der Waals surface area (Å²) in [5, 5.41) is 9.73. The summed E-state index contributed by atoms with van der Waals surface area (Å²) in [4.78, 5) is 14.1. The lowest BCUT2D eigenvalue weighted by atomic mass is 9.76. The highest BCUT2D eigenvalue weighted by Crippen LogP contribution is 2.42. The number of fused-ring (bicyclic) bond motifs is 1. The Labute approximate surface area is 148 Å².